The fourth-order valence-electron chi connectivity index (χ4n) is 3.10. The van der Waals surface area contributed by atoms with Crippen LogP contribution < -0.4 is 10.1 Å². The summed E-state index contributed by atoms with van der Waals surface area (Å²) in [7, 11) is 1.67. The van der Waals surface area contributed by atoms with Crippen molar-refractivity contribution in [3.63, 3.8) is 0 Å². The zero-order valence-electron chi connectivity index (χ0n) is 10.5. The average molecular weight is 268 g/mol. The molecule has 0 bridgehead atoms. The number of hydrogen-bond donors (Lipinski definition) is 1. The number of methoxy groups -OCH3 is 1. The van der Waals surface area contributed by atoms with E-state index in [0.717, 1.165) is 49.2 Å². The van der Waals surface area contributed by atoms with Crippen LogP contribution in [0.1, 0.15) is 28.8 Å². The van der Waals surface area contributed by atoms with Crippen molar-refractivity contribution in [2.24, 2.45) is 5.41 Å². The molecule has 0 amide bonds. The van der Waals surface area contributed by atoms with Gasteiger partial charge in [-0.3, -0.25) is 4.79 Å². The number of fused-ring (bicyclic) bond motifs is 1. The monoisotopic (exact) mass is 267 g/mol. The lowest BCUT2D eigenvalue weighted by atomic mass is 9.75. The predicted octanol–water partition coefficient (Wildman–Crippen LogP) is 2.23. The topological polar surface area (TPSA) is 38.3 Å². The molecule has 1 aromatic carbocycles. The Hall–Kier alpha value is -1.06. The lowest BCUT2D eigenvalue weighted by molar-refractivity contribution is 0.0762. The third-order valence-corrected chi connectivity index (χ3v) is 4.13. The van der Waals surface area contributed by atoms with Crippen molar-refractivity contribution in [1.82, 2.24) is 5.32 Å². The van der Waals surface area contributed by atoms with Gasteiger partial charge in [-0.2, -0.15) is 0 Å². The highest BCUT2D eigenvalue weighted by atomic mass is 35.5. The summed E-state index contributed by atoms with van der Waals surface area (Å²) in [6.07, 6.45) is 2.81. The van der Waals surface area contributed by atoms with E-state index in [-0.39, 0.29) is 17.8 Å². The summed E-state index contributed by atoms with van der Waals surface area (Å²) >= 11 is 0. The van der Waals surface area contributed by atoms with E-state index in [1.54, 1.807) is 7.11 Å². The summed E-state index contributed by atoms with van der Waals surface area (Å²) in [4.78, 5) is 12.5. The molecule has 1 aliphatic carbocycles. The molecule has 0 saturated carbocycles. The van der Waals surface area contributed by atoms with Crippen molar-refractivity contribution in [2.75, 3.05) is 20.2 Å². The van der Waals surface area contributed by atoms with Crippen LogP contribution in [0.15, 0.2) is 18.2 Å². The van der Waals surface area contributed by atoms with Crippen LogP contribution >= 0.6 is 12.4 Å². The maximum absolute atomic E-state index is 12.5. The van der Waals surface area contributed by atoms with E-state index in [1.807, 2.05) is 18.2 Å². The number of halogens is 1. The molecule has 1 heterocycles. The molecular weight excluding hydrogens is 250 g/mol. The van der Waals surface area contributed by atoms with Crippen LogP contribution in [0.3, 0.4) is 0 Å². The first-order valence-electron chi connectivity index (χ1n) is 6.18. The summed E-state index contributed by atoms with van der Waals surface area (Å²) in [6, 6.07) is 5.83. The van der Waals surface area contributed by atoms with Gasteiger partial charge >= 0.3 is 0 Å². The van der Waals surface area contributed by atoms with E-state index in [1.165, 1.54) is 0 Å². The molecule has 1 spiro atoms. The lowest BCUT2D eigenvalue weighted by Gasteiger charge is -2.31. The van der Waals surface area contributed by atoms with Gasteiger partial charge in [-0.05, 0) is 56.1 Å². The molecule has 2 aliphatic rings. The van der Waals surface area contributed by atoms with Crippen molar-refractivity contribution in [2.45, 2.75) is 19.3 Å². The van der Waals surface area contributed by atoms with Gasteiger partial charge in [0.2, 0.25) is 0 Å². The van der Waals surface area contributed by atoms with Gasteiger partial charge in [-0.25, -0.2) is 0 Å². The first kappa shape index (κ1) is 13.4. The first-order valence-corrected chi connectivity index (χ1v) is 6.18. The van der Waals surface area contributed by atoms with E-state index >= 15 is 0 Å². The van der Waals surface area contributed by atoms with Gasteiger partial charge in [0.15, 0.2) is 5.78 Å². The molecule has 1 fully saturated rings. The predicted molar refractivity (Wildman–Crippen MR) is 72.8 cm³/mol. The summed E-state index contributed by atoms with van der Waals surface area (Å²) < 4.78 is 5.23. The second-order valence-corrected chi connectivity index (χ2v) is 5.06. The Kier molecular flexibility index (Phi) is 3.64. The van der Waals surface area contributed by atoms with Gasteiger partial charge < -0.3 is 10.1 Å². The van der Waals surface area contributed by atoms with Crippen LogP contribution in [0, 0.1) is 5.41 Å². The Morgan fingerprint density at radius 2 is 2.00 bits per heavy atom. The number of piperidine rings is 1. The Balaban J connectivity index is 0.00000120. The molecule has 0 aromatic heterocycles. The van der Waals surface area contributed by atoms with Crippen molar-refractivity contribution >= 4 is 18.2 Å². The minimum Gasteiger partial charge on any atom is -0.497 e. The Labute approximate surface area is 113 Å². The van der Waals surface area contributed by atoms with Gasteiger partial charge in [0.1, 0.15) is 5.75 Å². The fraction of sp³-hybridized carbons (Fsp3) is 0.500. The normalized spacial score (nSPS) is 20.4. The highest BCUT2D eigenvalue weighted by molar-refractivity contribution is 6.05. The molecule has 1 saturated heterocycles. The molecule has 0 atom stereocenters. The number of ketones is 1. The number of carbonyl (C=O) groups excluding carboxylic acids is 1. The maximum Gasteiger partial charge on any atom is 0.169 e. The Morgan fingerprint density at radius 1 is 1.28 bits per heavy atom. The second-order valence-electron chi connectivity index (χ2n) is 5.06. The Bertz CT molecular complexity index is 467. The first-order chi connectivity index (χ1) is 8.25. The average Bonchev–Trinajstić information content (AvgIpc) is 2.63. The molecule has 1 N–H and O–H groups in total. The summed E-state index contributed by atoms with van der Waals surface area (Å²) in [5, 5.41) is 3.33. The minimum atomic E-state index is -0.125. The number of carbonyl (C=O) groups is 1. The quantitative estimate of drug-likeness (QED) is 0.848. The summed E-state index contributed by atoms with van der Waals surface area (Å²) in [5.74, 6) is 1.19. The highest BCUT2D eigenvalue weighted by Crippen LogP contribution is 2.44. The third kappa shape index (κ3) is 1.91. The zero-order chi connectivity index (χ0) is 11.9. The molecule has 1 aliphatic heterocycles. The summed E-state index contributed by atoms with van der Waals surface area (Å²) in [5.41, 5.74) is 1.95. The molecule has 3 nitrogen and oxygen atoms in total. The van der Waals surface area contributed by atoms with E-state index < -0.39 is 0 Å². The van der Waals surface area contributed by atoms with Crippen molar-refractivity contribution in [1.29, 1.82) is 0 Å². The van der Waals surface area contributed by atoms with E-state index in [9.17, 15) is 4.79 Å². The molecule has 3 rings (SSSR count). The van der Waals surface area contributed by atoms with Crippen LogP contribution in [0.25, 0.3) is 0 Å². The smallest absolute Gasteiger partial charge is 0.169 e. The second kappa shape index (κ2) is 4.90. The molecule has 98 valence electrons. The van der Waals surface area contributed by atoms with Crippen LogP contribution in [-0.4, -0.2) is 26.0 Å². The summed E-state index contributed by atoms with van der Waals surface area (Å²) in [6.45, 7) is 1.91. The van der Waals surface area contributed by atoms with Gasteiger partial charge in [0.25, 0.3) is 0 Å². The molecule has 18 heavy (non-hydrogen) atoms. The van der Waals surface area contributed by atoms with Crippen LogP contribution in [-0.2, 0) is 6.42 Å². The zero-order valence-corrected chi connectivity index (χ0v) is 11.3. The molecule has 1 aromatic rings. The van der Waals surface area contributed by atoms with Crippen molar-refractivity contribution in [3.05, 3.63) is 29.3 Å². The standard InChI is InChI=1S/C14H17NO2.ClH/c1-17-11-2-3-12-10(8-11)9-14(13(12)16)4-6-15-7-5-14;/h2-3,8,15H,4-7,9H2,1H3;1H. The molecule has 4 heteroatoms. The van der Waals surface area contributed by atoms with E-state index in [4.69, 9.17) is 4.74 Å². The van der Waals surface area contributed by atoms with Crippen molar-refractivity contribution in [3.8, 4) is 5.75 Å². The van der Waals surface area contributed by atoms with Gasteiger partial charge in [0, 0.05) is 11.0 Å². The van der Waals surface area contributed by atoms with Crippen molar-refractivity contribution < 1.29 is 9.53 Å². The number of hydrogen-bond acceptors (Lipinski definition) is 3. The molecule has 0 radical (unpaired) electrons. The third-order valence-electron chi connectivity index (χ3n) is 4.13. The Morgan fingerprint density at radius 3 is 2.67 bits per heavy atom. The van der Waals surface area contributed by atoms with Crippen LogP contribution in [0.2, 0.25) is 0 Å². The van der Waals surface area contributed by atoms with E-state index in [0.29, 0.717) is 5.78 Å². The van der Waals surface area contributed by atoms with Gasteiger partial charge in [-0.1, -0.05) is 0 Å². The SMILES string of the molecule is COc1ccc2c(c1)CC1(CCNCC1)C2=O.Cl. The number of nitrogens with one attached hydrogen (secondary N) is 1. The van der Waals surface area contributed by atoms with Gasteiger partial charge in [-0.15, -0.1) is 12.4 Å². The number of benzene rings is 1. The molecule has 0 unspecified atom stereocenters. The van der Waals surface area contributed by atoms with Crippen LogP contribution in [0.4, 0.5) is 0 Å². The van der Waals surface area contributed by atoms with Gasteiger partial charge in [0.05, 0.1) is 7.11 Å². The number of Topliss-reactive ketones (excluding diaryl/α,β-unsaturated/α-hetero) is 1. The maximum atomic E-state index is 12.5. The highest BCUT2D eigenvalue weighted by Gasteiger charge is 2.45. The number of ether oxygens (including phenoxy) is 1. The minimum absolute atomic E-state index is 0. The number of rotatable bonds is 1. The van der Waals surface area contributed by atoms with Crippen LogP contribution in [0.5, 0.6) is 5.75 Å². The largest absolute Gasteiger partial charge is 0.497 e. The lowest BCUT2D eigenvalue weighted by Crippen LogP contribution is -2.40. The fourth-order valence-corrected chi connectivity index (χ4v) is 3.10. The van der Waals surface area contributed by atoms with E-state index in [2.05, 4.69) is 5.32 Å². The molecular formula is C14H18ClNO2.